The molecule has 25 heavy (non-hydrogen) atoms. The number of hydrogen-bond donors (Lipinski definition) is 0. The maximum Gasteiger partial charge on any atom is 0.192 e. The molecule has 2 rings (SSSR count). The zero-order valence-corrected chi connectivity index (χ0v) is 17.7. The molecule has 0 aliphatic carbocycles. The lowest BCUT2D eigenvalue weighted by atomic mass is 10.2. The number of aromatic nitrogens is 4. The molecule has 1 aromatic heterocycles. The first-order chi connectivity index (χ1) is 11.6. The molecule has 0 amide bonds. The van der Waals surface area contributed by atoms with Gasteiger partial charge in [-0.15, -0.1) is 5.10 Å². The Bertz CT molecular complexity index is 692. The van der Waals surface area contributed by atoms with Crippen LogP contribution in [0.15, 0.2) is 29.0 Å². The molecule has 0 saturated carbocycles. The van der Waals surface area contributed by atoms with E-state index in [0.29, 0.717) is 13.2 Å². The monoisotopic (exact) mass is 430 g/mol. The summed E-state index contributed by atoms with van der Waals surface area (Å²) < 4.78 is 28.5. The Morgan fingerprint density at radius 2 is 2.04 bits per heavy atom. The Morgan fingerprint density at radius 1 is 1.32 bits per heavy atom. The molecule has 1 atom stereocenters. The van der Waals surface area contributed by atoms with E-state index in [1.165, 1.54) is 12.4 Å². The quantitative estimate of drug-likeness (QED) is 0.620. The van der Waals surface area contributed by atoms with E-state index in [-0.39, 0.29) is 10.8 Å². The van der Waals surface area contributed by atoms with E-state index < -0.39 is 20.2 Å². The van der Waals surface area contributed by atoms with Crippen LogP contribution < -0.4 is 4.74 Å². The predicted molar refractivity (Wildman–Crippen MR) is 99.5 cm³/mol. The lowest BCUT2D eigenvalue weighted by molar-refractivity contribution is 0.0983. The summed E-state index contributed by atoms with van der Waals surface area (Å²) in [6, 6.07) is 4.60. The fourth-order valence-electron chi connectivity index (χ4n) is 1.86. The van der Waals surface area contributed by atoms with Gasteiger partial charge in [-0.2, -0.15) is 0 Å². The van der Waals surface area contributed by atoms with Crippen molar-refractivity contribution in [2.75, 3.05) is 6.61 Å². The Kier molecular flexibility index (Phi) is 6.34. The lowest BCUT2D eigenvalue weighted by Gasteiger charge is -2.37. The van der Waals surface area contributed by atoms with E-state index in [4.69, 9.17) is 9.16 Å². The van der Waals surface area contributed by atoms with Crippen LogP contribution in [-0.2, 0) is 11.0 Å². The van der Waals surface area contributed by atoms with Crippen molar-refractivity contribution >= 4 is 24.2 Å². The van der Waals surface area contributed by atoms with E-state index in [2.05, 4.69) is 65.3 Å². The highest BCUT2D eigenvalue weighted by atomic mass is 79.9. The molecule has 2 aromatic rings. The van der Waals surface area contributed by atoms with Crippen molar-refractivity contribution in [3.05, 3.63) is 34.8 Å². The van der Waals surface area contributed by atoms with Crippen LogP contribution in [0.1, 0.15) is 20.8 Å². The first-order valence-corrected chi connectivity index (χ1v) is 11.7. The molecule has 0 radical (unpaired) electrons. The highest BCUT2D eigenvalue weighted by Crippen LogP contribution is 2.36. The van der Waals surface area contributed by atoms with Gasteiger partial charge in [0.1, 0.15) is 12.4 Å². The zero-order chi connectivity index (χ0) is 18.7. The molecule has 0 N–H and O–H groups in total. The van der Waals surface area contributed by atoms with Crippen LogP contribution in [0, 0.1) is 5.82 Å². The van der Waals surface area contributed by atoms with Crippen molar-refractivity contribution in [3.63, 3.8) is 0 Å². The van der Waals surface area contributed by atoms with Crippen LogP contribution in [0.3, 0.4) is 0 Å². The molecule has 0 bridgehead atoms. The molecule has 1 aromatic carbocycles. The van der Waals surface area contributed by atoms with Crippen LogP contribution in [0.5, 0.6) is 5.75 Å². The second kappa shape index (κ2) is 7.92. The maximum absolute atomic E-state index is 14.0. The fraction of sp³-hybridized carbons (Fsp3) is 0.562. The maximum atomic E-state index is 14.0. The second-order valence-corrected chi connectivity index (χ2v) is 13.1. The van der Waals surface area contributed by atoms with Gasteiger partial charge in [-0.1, -0.05) is 36.7 Å². The van der Waals surface area contributed by atoms with Crippen LogP contribution >= 0.6 is 15.9 Å². The highest BCUT2D eigenvalue weighted by molar-refractivity contribution is 9.10. The number of rotatable bonds is 7. The largest absolute Gasteiger partial charge is 0.483 e. The van der Waals surface area contributed by atoms with Crippen molar-refractivity contribution in [2.45, 2.75) is 51.6 Å². The van der Waals surface area contributed by atoms with Gasteiger partial charge in [-0.05, 0) is 46.8 Å². The van der Waals surface area contributed by atoms with E-state index in [1.807, 2.05) is 0 Å². The molecule has 0 saturated heterocycles. The van der Waals surface area contributed by atoms with Crippen LogP contribution in [0.25, 0.3) is 0 Å². The summed E-state index contributed by atoms with van der Waals surface area (Å²) in [4.78, 5) is 0. The number of halogens is 2. The number of nitrogens with zero attached hydrogens (tertiary/aromatic N) is 4. The summed E-state index contributed by atoms with van der Waals surface area (Å²) in [5, 5.41) is 11.2. The van der Waals surface area contributed by atoms with Gasteiger partial charge in [0.2, 0.25) is 0 Å². The van der Waals surface area contributed by atoms with Crippen molar-refractivity contribution < 1.29 is 13.6 Å². The van der Waals surface area contributed by atoms with Gasteiger partial charge in [0.05, 0.1) is 13.2 Å². The Hall–Kier alpha value is -1.32. The Labute approximate surface area is 157 Å². The van der Waals surface area contributed by atoms with E-state index in [0.717, 1.165) is 4.47 Å². The molecule has 1 heterocycles. The Morgan fingerprint density at radius 3 is 2.64 bits per heavy atom. The van der Waals surface area contributed by atoms with Crippen LogP contribution in [-0.4, -0.2) is 41.2 Å². The third kappa shape index (κ3) is 5.58. The standard InChI is InChI=1S/C16H24BrFN4O2Si/c1-16(2,3)25(4,5)23-10-13(9-22-11-19-20-21-22)24-15-8-12(17)6-7-14(15)18/h6-8,11,13H,9-10H2,1-5H3. The minimum atomic E-state index is -1.95. The third-order valence-corrected chi connectivity index (χ3v) is 9.40. The Balaban J connectivity index is 2.14. The van der Waals surface area contributed by atoms with Gasteiger partial charge in [-0.3, -0.25) is 0 Å². The minimum Gasteiger partial charge on any atom is -0.483 e. The summed E-state index contributed by atoms with van der Waals surface area (Å²) in [5.41, 5.74) is 0. The predicted octanol–water partition coefficient (Wildman–Crippen LogP) is 4.04. The van der Waals surface area contributed by atoms with Gasteiger partial charge in [0.15, 0.2) is 19.9 Å². The summed E-state index contributed by atoms with van der Waals surface area (Å²) in [7, 11) is -1.95. The SMILES string of the molecule is CC(C)(C)[Si](C)(C)OCC(Cn1cnnn1)Oc1cc(Br)ccc1F. The van der Waals surface area contributed by atoms with Crippen molar-refractivity contribution in [2.24, 2.45) is 0 Å². The number of tetrazole rings is 1. The molecule has 6 nitrogen and oxygen atoms in total. The number of benzene rings is 1. The fourth-order valence-corrected chi connectivity index (χ4v) is 3.24. The number of ether oxygens (including phenoxy) is 1. The van der Waals surface area contributed by atoms with E-state index >= 15 is 0 Å². The van der Waals surface area contributed by atoms with Crippen molar-refractivity contribution in [3.8, 4) is 5.75 Å². The highest BCUT2D eigenvalue weighted by Gasteiger charge is 2.38. The van der Waals surface area contributed by atoms with Gasteiger partial charge in [-0.25, -0.2) is 9.07 Å². The smallest absolute Gasteiger partial charge is 0.192 e. The second-order valence-electron chi connectivity index (χ2n) is 7.42. The van der Waals surface area contributed by atoms with Gasteiger partial charge in [0.25, 0.3) is 0 Å². The normalized spacial score (nSPS) is 13.7. The molecular formula is C16H24BrFN4O2Si. The summed E-state index contributed by atoms with van der Waals surface area (Å²) in [5.74, 6) is -0.247. The van der Waals surface area contributed by atoms with Gasteiger partial charge >= 0.3 is 0 Å². The van der Waals surface area contributed by atoms with Crippen LogP contribution in [0.2, 0.25) is 18.1 Å². The average Bonchev–Trinajstić information content (AvgIpc) is 3.00. The van der Waals surface area contributed by atoms with E-state index in [9.17, 15) is 4.39 Å². The minimum absolute atomic E-state index is 0.0768. The summed E-state index contributed by atoms with van der Waals surface area (Å²) in [6.07, 6.45) is 1.08. The molecule has 1 unspecified atom stereocenters. The van der Waals surface area contributed by atoms with Crippen molar-refractivity contribution in [1.29, 1.82) is 0 Å². The summed E-state index contributed by atoms with van der Waals surface area (Å²) in [6.45, 7) is 11.6. The van der Waals surface area contributed by atoms with Gasteiger partial charge < -0.3 is 9.16 Å². The number of hydrogen-bond acceptors (Lipinski definition) is 5. The topological polar surface area (TPSA) is 62.1 Å². The molecule has 0 fully saturated rings. The van der Waals surface area contributed by atoms with Crippen LogP contribution in [0.4, 0.5) is 4.39 Å². The first kappa shape index (κ1) is 20.0. The molecule has 0 spiro atoms. The lowest BCUT2D eigenvalue weighted by Crippen LogP contribution is -2.44. The van der Waals surface area contributed by atoms with Gasteiger partial charge in [0, 0.05) is 4.47 Å². The average molecular weight is 431 g/mol. The van der Waals surface area contributed by atoms with Crippen molar-refractivity contribution in [1.82, 2.24) is 20.2 Å². The third-order valence-electron chi connectivity index (χ3n) is 4.41. The summed E-state index contributed by atoms with van der Waals surface area (Å²) >= 11 is 3.34. The molecule has 0 aliphatic rings. The molecular weight excluding hydrogens is 407 g/mol. The zero-order valence-electron chi connectivity index (χ0n) is 15.2. The van der Waals surface area contributed by atoms with E-state index in [1.54, 1.807) is 16.8 Å². The molecule has 9 heteroatoms. The first-order valence-electron chi connectivity index (χ1n) is 8.05. The molecule has 138 valence electrons. The molecule has 0 aliphatic heterocycles.